The zero-order chi connectivity index (χ0) is 21.9. The number of fused-ring (bicyclic) bond motifs is 1. The number of rotatable bonds is 5. The van der Waals surface area contributed by atoms with Crippen LogP contribution in [0.5, 0.6) is 0 Å². The Kier molecular flexibility index (Phi) is 5.05. The maximum atomic E-state index is 12.7. The minimum atomic E-state index is -0.226. The summed E-state index contributed by atoms with van der Waals surface area (Å²) in [6, 6.07) is 24.5. The Morgan fingerprint density at radius 2 is 1.72 bits per heavy atom. The summed E-state index contributed by atoms with van der Waals surface area (Å²) in [5, 5.41) is 6.22. The predicted molar refractivity (Wildman–Crippen MR) is 124 cm³/mol. The number of nitrogens with zero attached hydrogens (tertiary/aromatic N) is 3. The van der Waals surface area contributed by atoms with Crippen LogP contribution in [0.2, 0.25) is 0 Å². The number of oxazole rings is 1. The number of amides is 1. The first-order chi connectivity index (χ1) is 15.6. The van der Waals surface area contributed by atoms with Crippen molar-refractivity contribution in [2.45, 2.75) is 6.92 Å². The van der Waals surface area contributed by atoms with Crippen molar-refractivity contribution in [2.75, 3.05) is 10.6 Å². The lowest BCUT2D eigenvalue weighted by Gasteiger charge is -2.11. The third kappa shape index (κ3) is 4.17. The lowest BCUT2D eigenvalue weighted by molar-refractivity contribution is 0.102. The highest BCUT2D eigenvalue weighted by Gasteiger charge is 2.10. The number of hydrogen-bond donors (Lipinski definition) is 2. The van der Waals surface area contributed by atoms with E-state index in [0.29, 0.717) is 34.0 Å². The van der Waals surface area contributed by atoms with Crippen LogP contribution in [0.3, 0.4) is 0 Å². The number of nitrogens with one attached hydrogen (secondary N) is 2. The Morgan fingerprint density at radius 3 is 2.59 bits per heavy atom. The third-order valence-corrected chi connectivity index (χ3v) is 4.89. The molecule has 0 aliphatic carbocycles. The SMILES string of the molecule is Cc1nc(Nc2cccc(NC(=O)c3ccc4ocnc4c3)c2)cc(-c2ccccc2)n1. The molecule has 0 bridgehead atoms. The highest BCUT2D eigenvalue weighted by molar-refractivity contribution is 6.06. The van der Waals surface area contributed by atoms with Gasteiger partial charge in [-0.2, -0.15) is 0 Å². The fourth-order valence-electron chi connectivity index (χ4n) is 3.41. The Hall–Kier alpha value is -4.52. The van der Waals surface area contributed by atoms with Gasteiger partial charge in [0.15, 0.2) is 12.0 Å². The Balaban J connectivity index is 1.35. The number of carbonyl (C=O) groups excluding carboxylic acids is 1. The largest absolute Gasteiger partial charge is 0.443 e. The Bertz CT molecular complexity index is 1410. The highest BCUT2D eigenvalue weighted by atomic mass is 16.3. The smallest absolute Gasteiger partial charge is 0.255 e. The first-order valence-corrected chi connectivity index (χ1v) is 10.1. The quantitative estimate of drug-likeness (QED) is 0.384. The summed E-state index contributed by atoms with van der Waals surface area (Å²) in [6.45, 7) is 1.86. The second-order valence-corrected chi connectivity index (χ2v) is 7.25. The number of anilines is 3. The van der Waals surface area contributed by atoms with Gasteiger partial charge >= 0.3 is 0 Å². The van der Waals surface area contributed by atoms with Gasteiger partial charge < -0.3 is 15.1 Å². The molecule has 2 heterocycles. The molecule has 7 heteroatoms. The molecule has 0 saturated carbocycles. The molecule has 0 aliphatic rings. The van der Waals surface area contributed by atoms with E-state index in [9.17, 15) is 4.79 Å². The van der Waals surface area contributed by atoms with Crippen molar-refractivity contribution in [3.05, 3.63) is 96.6 Å². The molecule has 156 valence electrons. The number of aromatic nitrogens is 3. The molecule has 1 amide bonds. The van der Waals surface area contributed by atoms with Crippen molar-refractivity contribution in [2.24, 2.45) is 0 Å². The maximum Gasteiger partial charge on any atom is 0.255 e. The van der Waals surface area contributed by atoms with E-state index in [1.807, 2.05) is 67.6 Å². The van der Waals surface area contributed by atoms with Crippen LogP contribution >= 0.6 is 0 Å². The molecule has 5 rings (SSSR count). The van der Waals surface area contributed by atoms with E-state index in [4.69, 9.17) is 4.42 Å². The monoisotopic (exact) mass is 421 g/mol. The lowest BCUT2D eigenvalue weighted by Crippen LogP contribution is -2.11. The molecular formula is C25H19N5O2. The Labute approximate surface area is 184 Å². The van der Waals surface area contributed by atoms with Crippen molar-refractivity contribution >= 4 is 34.2 Å². The summed E-state index contributed by atoms with van der Waals surface area (Å²) in [6.07, 6.45) is 1.36. The summed E-state index contributed by atoms with van der Waals surface area (Å²) in [5.74, 6) is 1.12. The van der Waals surface area contributed by atoms with E-state index < -0.39 is 0 Å². The van der Waals surface area contributed by atoms with Crippen molar-refractivity contribution in [1.29, 1.82) is 0 Å². The van der Waals surface area contributed by atoms with Crippen molar-refractivity contribution in [1.82, 2.24) is 15.0 Å². The van der Waals surface area contributed by atoms with E-state index in [-0.39, 0.29) is 5.91 Å². The Morgan fingerprint density at radius 1 is 0.875 bits per heavy atom. The van der Waals surface area contributed by atoms with Gasteiger partial charge in [-0.1, -0.05) is 36.4 Å². The van der Waals surface area contributed by atoms with E-state index in [1.54, 1.807) is 18.2 Å². The van der Waals surface area contributed by atoms with Crippen molar-refractivity contribution < 1.29 is 9.21 Å². The number of aryl methyl sites for hydroxylation is 1. The van der Waals surface area contributed by atoms with Gasteiger partial charge in [0, 0.05) is 28.6 Å². The van der Waals surface area contributed by atoms with Crippen LogP contribution in [0, 0.1) is 6.92 Å². The fourth-order valence-corrected chi connectivity index (χ4v) is 3.41. The number of benzene rings is 3. The van der Waals surface area contributed by atoms with Crippen LogP contribution in [0.4, 0.5) is 17.2 Å². The van der Waals surface area contributed by atoms with Gasteiger partial charge in [0.2, 0.25) is 0 Å². The summed E-state index contributed by atoms with van der Waals surface area (Å²) >= 11 is 0. The van der Waals surface area contributed by atoms with E-state index in [0.717, 1.165) is 16.9 Å². The molecule has 5 aromatic rings. The minimum Gasteiger partial charge on any atom is -0.443 e. The average Bonchev–Trinajstić information content (AvgIpc) is 3.27. The predicted octanol–water partition coefficient (Wildman–Crippen LogP) is 5.59. The molecule has 32 heavy (non-hydrogen) atoms. The fraction of sp³-hybridized carbons (Fsp3) is 0.0400. The van der Waals surface area contributed by atoms with Crippen molar-refractivity contribution in [3.63, 3.8) is 0 Å². The van der Waals surface area contributed by atoms with E-state index >= 15 is 0 Å². The van der Waals surface area contributed by atoms with Crippen molar-refractivity contribution in [3.8, 4) is 11.3 Å². The molecule has 0 unspecified atom stereocenters. The molecule has 0 saturated heterocycles. The number of carbonyl (C=O) groups is 1. The van der Waals surface area contributed by atoms with Crippen LogP contribution < -0.4 is 10.6 Å². The van der Waals surface area contributed by atoms with Gasteiger partial charge in [0.05, 0.1) is 5.69 Å². The van der Waals surface area contributed by atoms with Gasteiger partial charge in [0.1, 0.15) is 17.2 Å². The third-order valence-electron chi connectivity index (χ3n) is 4.89. The van der Waals surface area contributed by atoms with Crippen LogP contribution in [0.15, 0.2) is 89.7 Å². The second-order valence-electron chi connectivity index (χ2n) is 7.25. The average molecular weight is 421 g/mol. The highest BCUT2D eigenvalue weighted by Crippen LogP contribution is 2.24. The molecule has 0 atom stereocenters. The zero-order valence-electron chi connectivity index (χ0n) is 17.2. The molecule has 0 radical (unpaired) electrons. The lowest BCUT2D eigenvalue weighted by atomic mass is 10.1. The zero-order valence-corrected chi connectivity index (χ0v) is 17.2. The van der Waals surface area contributed by atoms with Gasteiger partial charge in [-0.3, -0.25) is 4.79 Å². The van der Waals surface area contributed by atoms with E-state index in [2.05, 4.69) is 25.6 Å². The molecule has 3 aromatic carbocycles. The molecule has 0 aliphatic heterocycles. The summed E-state index contributed by atoms with van der Waals surface area (Å²) < 4.78 is 5.23. The molecule has 0 spiro atoms. The maximum absolute atomic E-state index is 12.7. The van der Waals surface area contributed by atoms with Crippen LogP contribution in [-0.4, -0.2) is 20.9 Å². The second kappa shape index (κ2) is 8.31. The number of hydrogen-bond acceptors (Lipinski definition) is 6. The van der Waals surface area contributed by atoms with Gasteiger partial charge in [-0.25, -0.2) is 15.0 Å². The topological polar surface area (TPSA) is 92.9 Å². The molecule has 2 aromatic heterocycles. The standard InChI is InChI=1S/C25H19N5O2/c1-16-27-21(17-6-3-2-4-7-17)14-24(28-16)29-19-8-5-9-20(13-19)30-25(31)18-10-11-23-22(12-18)26-15-32-23/h2-15H,1H3,(H,30,31)(H,27,28,29). The molecule has 0 fully saturated rings. The molecular weight excluding hydrogens is 402 g/mol. The molecule has 2 N–H and O–H groups in total. The van der Waals surface area contributed by atoms with Gasteiger partial charge in [-0.05, 0) is 43.3 Å². The summed E-state index contributed by atoms with van der Waals surface area (Å²) in [5.41, 5.74) is 5.11. The minimum absolute atomic E-state index is 0.226. The van der Waals surface area contributed by atoms with Crippen LogP contribution in [-0.2, 0) is 0 Å². The first kappa shape index (κ1) is 19.4. The van der Waals surface area contributed by atoms with Gasteiger partial charge in [-0.15, -0.1) is 0 Å². The van der Waals surface area contributed by atoms with Crippen LogP contribution in [0.25, 0.3) is 22.4 Å². The van der Waals surface area contributed by atoms with Gasteiger partial charge in [0.25, 0.3) is 5.91 Å². The summed E-state index contributed by atoms with van der Waals surface area (Å²) in [4.78, 5) is 25.8. The van der Waals surface area contributed by atoms with Crippen LogP contribution in [0.1, 0.15) is 16.2 Å². The summed E-state index contributed by atoms with van der Waals surface area (Å²) in [7, 11) is 0. The van der Waals surface area contributed by atoms with E-state index in [1.165, 1.54) is 6.39 Å². The normalized spacial score (nSPS) is 10.8. The first-order valence-electron chi connectivity index (χ1n) is 10.1. The molecule has 7 nitrogen and oxygen atoms in total.